The van der Waals surface area contributed by atoms with Gasteiger partial charge in [0, 0.05) is 35.9 Å². The van der Waals surface area contributed by atoms with Crippen LogP contribution >= 0.6 is 0 Å². The molecule has 3 aliphatic rings. The highest BCUT2D eigenvalue weighted by atomic mass is 19.4. The summed E-state index contributed by atoms with van der Waals surface area (Å²) in [6.45, 7) is 0.942. The minimum atomic E-state index is -4.46. The van der Waals surface area contributed by atoms with Crippen LogP contribution < -0.4 is 15.4 Å². The molecule has 4 atom stereocenters. The molecule has 0 unspecified atom stereocenters. The number of rotatable bonds is 5. The van der Waals surface area contributed by atoms with Gasteiger partial charge in [-0.25, -0.2) is 4.79 Å². The second-order valence-corrected chi connectivity index (χ2v) is 10.8. The lowest BCUT2D eigenvalue weighted by Crippen LogP contribution is -2.48. The average Bonchev–Trinajstić information content (AvgIpc) is 3.34. The Morgan fingerprint density at radius 3 is 2.43 bits per heavy atom. The van der Waals surface area contributed by atoms with E-state index < -0.39 is 36.1 Å². The topological polar surface area (TPSA) is 100 Å². The molecule has 1 fully saturated rings. The minimum absolute atomic E-state index is 0.000800. The Labute approximate surface area is 240 Å². The van der Waals surface area contributed by atoms with Crippen LogP contribution in [0.3, 0.4) is 0 Å². The lowest BCUT2D eigenvalue weighted by molar-refractivity contribution is -0.149. The molecule has 0 aliphatic carbocycles. The number of halogens is 3. The molecule has 3 aromatic carbocycles. The van der Waals surface area contributed by atoms with Crippen LogP contribution in [-0.2, 0) is 28.7 Å². The van der Waals surface area contributed by atoms with E-state index in [4.69, 9.17) is 9.47 Å². The van der Waals surface area contributed by atoms with Crippen molar-refractivity contribution in [1.82, 2.24) is 4.90 Å². The van der Waals surface area contributed by atoms with E-state index >= 15 is 0 Å². The van der Waals surface area contributed by atoms with Crippen molar-refractivity contribution in [2.45, 2.75) is 56.2 Å². The highest BCUT2D eigenvalue weighted by Gasteiger charge is 2.46. The van der Waals surface area contributed by atoms with Crippen molar-refractivity contribution in [1.29, 1.82) is 0 Å². The van der Waals surface area contributed by atoms with Gasteiger partial charge in [-0.2, -0.15) is 13.2 Å². The summed E-state index contributed by atoms with van der Waals surface area (Å²) in [6, 6.07) is 16.8. The lowest BCUT2D eigenvalue weighted by atomic mass is 9.84. The predicted molar refractivity (Wildman–Crippen MR) is 148 cm³/mol. The van der Waals surface area contributed by atoms with Gasteiger partial charge >= 0.3 is 12.2 Å². The maximum atomic E-state index is 13.2. The minimum Gasteiger partial charge on any atom is -0.487 e. The van der Waals surface area contributed by atoms with E-state index in [1.165, 1.54) is 17.7 Å². The molecule has 0 saturated carbocycles. The molecule has 0 bridgehead atoms. The Balaban J connectivity index is 1.11. The van der Waals surface area contributed by atoms with Crippen LogP contribution in [0.25, 0.3) is 0 Å². The molecule has 3 heterocycles. The quantitative estimate of drug-likeness (QED) is 0.379. The highest BCUT2D eigenvalue weighted by molar-refractivity contribution is 5.99. The maximum absolute atomic E-state index is 13.2. The normalized spacial score (nSPS) is 22.8. The zero-order valence-corrected chi connectivity index (χ0v) is 22.6. The van der Waals surface area contributed by atoms with Crippen LogP contribution in [-0.4, -0.2) is 53.4 Å². The monoisotopic (exact) mass is 581 g/mol. The lowest BCUT2D eigenvalue weighted by Gasteiger charge is -2.38. The Hall–Kier alpha value is -4.09. The number of urea groups is 1. The summed E-state index contributed by atoms with van der Waals surface area (Å²) in [6.07, 6.45) is -4.43. The maximum Gasteiger partial charge on any atom is 0.416 e. The van der Waals surface area contributed by atoms with Crippen molar-refractivity contribution in [2.24, 2.45) is 0 Å². The Bertz CT molecular complexity index is 1480. The van der Waals surface area contributed by atoms with Gasteiger partial charge in [0.2, 0.25) is 5.91 Å². The van der Waals surface area contributed by atoms with Crippen LogP contribution in [0, 0.1) is 0 Å². The number of hydrogen-bond acceptors (Lipinski definition) is 5. The highest BCUT2D eigenvalue weighted by Crippen LogP contribution is 2.47. The number of alkyl halides is 3. The Morgan fingerprint density at radius 1 is 0.976 bits per heavy atom. The first kappa shape index (κ1) is 28.0. The van der Waals surface area contributed by atoms with Crippen LogP contribution in [0.4, 0.5) is 29.3 Å². The molecule has 220 valence electrons. The first-order valence-corrected chi connectivity index (χ1v) is 13.8. The van der Waals surface area contributed by atoms with Gasteiger partial charge in [0.15, 0.2) is 0 Å². The molecule has 42 heavy (non-hydrogen) atoms. The van der Waals surface area contributed by atoms with Crippen LogP contribution in [0.2, 0.25) is 0 Å². The van der Waals surface area contributed by atoms with Crippen molar-refractivity contribution in [3.05, 3.63) is 89.0 Å². The number of carbonyl (C=O) groups is 2. The Morgan fingerprint density at radius 2 is 1.69 bits per heavy atom. The molecule has 0 aromatic heterocycles. The molecule has 3 N–H and O–H groups in total. The molecule has 0 spiro atoms. The molecule has 6 rings (SSSR count). The second kappa shape index (κ2) is 11.3. The third-order valence-electron chi connectivity index (χ3n) is 8.11. The van der Waals surface area contributed by atoms with Crippen molar-refractivity contribution in [3.8, 4) is 5.75 Å². The fourth-order valence-corrected chi connectivity index (χ4v) is 6.04. The number of ether oxygens (including phenoxy) is 2. The number of hydrogen-bond donors (Lipinski definition) is 3. The number of nitrogens with one attached hydrogen (secondary N) is 2. The molecular formula is C31H30F3N3O5. The largest absolute Gasteiger partial charge is 0.487 e. The molecule has 3 aromatic rings. The summed E-state index contributed by atoms with van der Waals surface area (Å²) in [5.74, 6) is 0.449. The number of fused-ring (bicyclic) bond motifs is 4. The summed E-state index contributed by atoms with van der Waals surface area (Å²) in [4.78, 5) is 27.7. The van der Waals surface area contributed by atoms with E-state index in [0.29, 0.717) is 30.9 Å². The smallest absolute Gasteiger partial charge is 0.416 e. The molecule has 11 heteroatoms. The number of aliphatic hydroxyl groups excluding tert-OH is 1. The first-order chi connectivity index (χ1) is 20.2. The van der Waals surface area contributed by atoms with E-state index in [-0.39, 0.29) is 30.5 Å². The van der Waals surface area contributed by atoms with Gasteiger partial charge in [0.05, 0.1) is 24.7 Å². The number of nitrogens with zero attached hydrogens (tertiary/aromatic N) is 1. The molecular weight excluding hydrogens is 551 g/mol. The van der Waals surface area contributed by atoms with Crippen LogP contribution in [0.15, 0.2) is 66.7 Å². The SMILES string of the molecule is O=C(Nc1ccc(C(F)(F)F)cc1)Nc1ccc2c(c1)[C@@H]1C[C@@H](CC(=O)N3CCc4ccccc4C3)O[C@H](CO)[C@@H]1O2. The zero-order chi connectivity index (χ0) is 29.4. The Kier molecular flexibility index (Phi) is 7.54. The van der Waals surface area contributed by atoms with Gasteiger partial charge in [0.1, 0.15) is 18.0 Å². The standard InChI is InChI=1S/C31H30F3N3O5/c32-31(33,34)20-5-7-21(8-6-20)35-30(40)36-22-9-10-26-24(13-22)25-14-23(41-27(17-38)29(25)42-26)15-28(39)37-12-11-18-3-1-2-4-19(18)16-37/h1-10,13,23,25,27,29,38H,11-12,14-17H2,(H2,35,36,40)/t23-,25-,27+,29+/m0/s1. The van der Waals surface area contributed by atoms with Gasteiger partial charge < -0.3 is 30.1 Å². The second-order valence-electron chi connectivity index (χ2n) is 10.8. The van der Waals surface area contributed by atoms with Crippen LogP contribution in [0.5, 0.6) is 5.75 Å². The third kappa shape index (κ3) is 5.79. The fraction of sp³-hybridized carbons (Fsp3) is 0.355. The molecule has 8 nitrogen and oxygen atoms in total. The molecule has 3 aliphatic heterocycles. The summed E-state index contributed by atoms with van der Waals surface area (Å²) >= 11 is 0. The fourth-order valence-electron chi connectivity index (χ4n) is 6.04. The summed E-state index contributed by atoms with van der Waals surface area (Å²) < 4.78 is 50.7. The van der Waals surface area contributed by atoms with Crippen molar-refractivity contribution in [3.63, 3.8) is 0 Å². The zero-order valence-electron chi connectivity index (χ0n) is 22.6. The van der Waals surface area contributed by atoms with Crippen molar-refractivity contribution >= 4 is 23.3 Å². The summed E-state index contributed by atoms with van der Waals surface area (Å²) in [5, 5.41) is 15.3. The molecule has 1 saturated heterocycles. The van der Waals surface area contributed by atoms with Crippen molar-refractivity contribution < 1.29 is 37.3 Å². The number of amides is 3. The van der Waals surface area contributed by atoms with Crippen molar-refractivity contribution in [2.75, 3.05) is 23.8 Å². The number of benzene rings is 3. The van der Waals surface area contributed by atoms with Gasteiger partial charge in [-0.3, -0.25) is 4.79 Å². The third-order valence-corrected chi connectivity index (χ3v) is 8.11. The van der Waals surface area contributed by atoms with Gasteiger partial charge in [-0.15, -0.1) is 0 Å². The van der Waals surface area contributed by atoms with E-state index in [1.807, 2.05) is 23.1 Å². The van der Waals surface area contributed by atoms with Crippen LogP contribution in [0.1, 0.15) is 41.0 Å². The molecule has 0 radical (unpaired) electrons. The van der Waals surface area contributed by atoms with Gasteiger partial charge in [-0.05, 0) is 66.4 Å². The number of anilines is 2. The number of carbonyl (C=O) groups excluding carboxylic acids is 2. The molecule has 3 amide bonds. The van der Waals surface area contributed by atoms with E-state index in [9.17, 15) is 27.9 Å². The first-order valence-electron chi connectivity index (χ1n) is 13.8. The van der Waals surface area contributed by atoms with Gasteiger partial charge in [-0.1, -0.05) is 24.3 Å². The average molecular weight is 582 g/mol. The summed E-state index contributed by atoms with van der Waals surface area (Å²) in [7, 11) is 0. The number of aliphatic hydroxyl groups is 1. The van der Waals surface area contributed by atoms with E-state index in [0.717, 1.165) is 29.7 Å². The van der Waals surface area contributed by atoms with Gasteiger partial charge in [0.25, 0.3) is 0 Å². The van der Waals surface area contributed by atoms with E-state index in [2.05, 4.69) is 16.7 Å². The summed E-state index contributed by atoms with van der Waals surface area (Å²) in [5.41, 5.74) is 3.12. The van der Waals surface area contributed by atoms with E-state index in [1.54, 1.807) is 18.2 Å². The predicted octanol–water partition coefficient (Wildman–Crippen LogP) is 5.32.